The number of nitrogens with zero attached hydrogens (tertiary/aromatic N) is 1. The van der Waals surface area contributed by atoms with Gasteiger partial charge in [0.25, 0.3) is 0 Å². The van der Waals surface area contributed by atoms with Gasteiger partial charge in [-0.2, -0.15) is 0 Å². The van der Waals surface area contributed by atoms with E-state index in [1.807, 2.05) is 23.1 Å². The van der Waals surface area contributed by atoms with Crippen LogP contribution in [0, 0.1) is 0 Å². The maximum Gasteiger partial charge on any atom is 0.247 e. The molecule has 3 heteroatoms. The monoisotopic (exact) mass is 271 g/mol. The Morgan fingerprint density at radius 1 is 1.40 bits per heavy atom. The molecule has 1 aliphatic heterocycles. The molecular weight excluding hydrogens is 250 g/mol. The first-order chi connectivity index (χ1) is 9.65. The molecule has 0 N–H and O–H groups in total. The molecule has 0 unspecified atom stereocenters. The van der Waals surface area contributed by atoms with Gasteiger partial charge in [-0.1, -0.05) is 6.07 Å². The number of hydrogen-bond donors (Lipinski definition) is 0. The zero-order valence-corrected chi connectivity index (χ0v) is 12.1. The first kappa shape index (κ1) is 13.2. The Bertz CT molecular complexity index is 542. The van der Waals surface area contributed by atoms with Gasteiger partial charge >= 0.3 is 0 Å². The van der Waals surface area contributed by atoms with E-state index in [0.29, 0.717) is 6.04 Å². The number of ether oxygens (including phenoxy) is 1. The Balaban J connectivity index is 1.71. The van der Waals surface area contributed by atoms with E-state index < -0.39 is 0 Å². The van der Waals surface area contributed by atoms with E-state index in [4.69, 9.17) is 4.74 Å². The zero-order chi connectivity index (χ0) is 14.1. The Labute approximate surface area is 120 Å². The summed E-state index contributed by atoms with van der Waals surface area (Å²) in [5, 5.41) is 0. The third kappa shape index (κ3) is 2.72. The molecule has 0 spiro atoms. The van der Waals surface area contributed by atoms with E-state index in [-0.39, 0.29) is 11.9 Å². The van der Waals surface area contributed by atoms with Crippen molar-refractivity contribution in [2.45, 2.75) is 45.2 Å². The SMILES string of the molecule is CC(C)N(C(=O)/C=C/c1ccc2c(c1)CCO2)C1CC1. The van der Waals surface area contributed by atoms with Crippen molar-refractivity contribution in [2.75, 3.05) is 6.61 Å². The first-order valence-corrected chi connectivity index (χ1v) is 7.41. The van der Waals surface area contributed by atoms with Crippen LogP contribution < -0.4 is 4.74 Å². The Kier molecular flexibility index (Phi) is 3.51. The van der Waals surface area contributed by atoms with E-state index in [1.165, 1.54) is 5.56 Å². The van der Waals surface area contributed by atoms with Crippen molar-refractivity contribution in [2.24, 2.45) is 0 Å². The van der Waals surface area contributed by atoms with Gasteiger partial charge < -0.3 is 9.64 Å². The van der Waals surface area contributed by atoms with Crippen molar-refractivity contribution in [3.8, 4) is 5.75 Å². The summed E-state index contributed by atoms with van der Waals surface area (Å²) in [7, 11) is 0. The van der Waals surface area contributed by atoms with Crippen molar-refractivity contribution in [3.05, 3.63) is 35.4 Å². The highest BCUT2D eigenvalue weighted by Crippen LogP contribution is 2.29. The lowest BCUT2D eigenvalue weighted by Gasteiger charge is -2.25. The van der Waals surface area contributed by atoms with Gasteiger partial charge in [-0.25, -0.2) is 0 Å². The van der Waals surface area contributed by atoms with E-state index in [0.717, 1.165) is 37.2 Å². The van der Waals surface area contributed by atoms with E-state index in [2.05, 4.69) is 19.9 Å². The molecule has 106 valence electrons. The number of hydrogen-bond acceptors (Lipinski definition) is 2. The molecule has 1 fully saturated rings. The van der Waals surface area contributed by atoms with Gasteiger partial charge in [0.15, 0.2) is 0 Å². The lowest BCUT2D eigenvalue weighted by molar-refractivity contribution is -0.128. The molecular formula is C17H21NO2. The van der Waals surface area contributed by atoms with Gasteiger partial charge in [-0.3, -0.25) is 4.79 Å². The standard InChI is InChI=1S/C17H21NO2/c1-12(2)18(15-5-6-15)17(19)8-4-13-3-7-16-14(11-13)9-10-20-16/h3-4,7-8,11-12,15H,5-6,9-10H2,1-2H3/b8-4+. The molecule has 1 aromatic rings. The summed E-state index contributed by atoms with van der Waals surface area (Å²) < 4.78 is 5.49. The van der Waals surface area contributed by atoms with Crippen LogP contribution in [0.1, 0.15) is 37.8 Å². The van der Waals surface area contributed by atoms with Crippen LogP contribution in [-0.2, 0) is 11.2 Å². The number of fused-ring (bicyclic) bond motifs is 1. The summed E-state index contributed by atoms with van der Waals surface area (Å²) >= 11 is 0. The van der Waals surface area contributed by atoms with Crippen LogP contribution in [0.15, 0.2) is 24.3 Å². The fourth-order valence-corrected chi connectivity index (χ4v) is 2.77. The van der Waals surface area contributed by atoms with Crippen molar-refractivity contribution in [1.29, 1.82) is 0 Å². The molecule has 3 nitrogen and oxygen atoms in total. The summed E-state index contributed by atoms with van der Waals surface area (Å²) in [6.45, 7) is 4.93. The van der Waals surface area contributed by atoms with Gasteiger partial charge in [0.2, 0.25) is 5.91 Å². The van der Waals surface area contributed by atoms with Crippen molar-refractivity contribution < 1.29 is 9.53 Å². The maximum atomic E-state index is 12.3. The highest BCUT2D eigenvalue weighted by atomic mass is 16.5. The highest BCUT2D eigenvalue weighted by Gasteiger charge is 2.33. The van der Waals surface area contributed by atoms with Crippen molar-refractivity contribution in [1.82, 2.24) is 4.90 Å². The molecule has 2 aliphatic rings. The molecule has 1 saturated carbocycles. The largest absolute Gasteiger partial charge is 0.493 e. The Morgan fingerprint density at radius 2 is 2.20 bits per heavy atom. The predicted octanol–water partition coefficient (Wildman–Crippen LogP) is 3.03. The molecule has 0 radical (unpaired) electrons. The molecule has 0 bridgehead atoms. The number of amides is 1. The molecule has 3 rings (SSSR count). The Hall–Kier alpha value is -1.77. The second-order valence-electron chi connectivity index (χ2n) is 5.87. The molecule has 0 saturated heterocycles. The number of carbonyl (C=O) groups excluding carboxylic acids is 1. The molecule has 20 heavy (non-hydrogen) atoms. The summed E-state index contributed by atoms with van der Waals surface area (Å²) in [5.74, 6) is 1.11. The average molecular weight is 271 g/mol. The molecule has 1 heterocycles. The second kappa shape index (κ2) is 5.31. The smallest absolute Gasteiger partial charge is 0.247 e. The first-order valence-electron chi connectivity index (χ1n) is 7.41. The fourth-order valence-electron chi connectivity index (χ4n) is 2.77. The maximum absolute atomic E-state index is 12.3. The number of benzene rings is 1. The highest BCUT2D eigenvalue weighted by molar-refractivity contribution is 5.92. The molecule has 1 aromatic carbocycles. The summed E-state index contributed by atoms with van der Waals surface area (Å²) in [4.78, 5) is 14.3. The lowest BCUT2D eigenvalue weighted by Crippen LogP contribution is -2.37. The van der Waals surface area contributed by atoms with Gasteiger partial charge in [-0.15, -0.1) is 0 Å². The van der Waals surface area contributed by atoms with Gasteiger partial charge in [0.1, 0.15) is 5.75 Å². The van der Waals surface area contributed by atoms with Crippen LogP contribution in [0.4, 0.5) is 0 Å². The summed E-state index contributed by atoms with van der Waals surface area (Å²) in [6.07, 6.45) is 6.88. The third-order valence-electron chi connectivity index (χ3n) is 3.88. The normalized spacial score (nSPS) is 17.4. The Morgan fingerprint density at radius 3 is 2.90 bits per heavy atom. The van der Waals surface area contributed by atoms with E-state index in [1.54, 1.807) is 6.08 Å². The number of rotatable bonds is 4. The van der Waals surface area contributed by atoms with Crippen molar-refractivity contribution >= 4 is 12.0 Å². The van der Waals surface area contributed by atoms with Crippen LogP contribution >= 0.6 is 0 Å². The predicted molar refractivity (Wildman–Crippen MR) is 79.7 cm³/mol. The minimum atomic E-state index is 0.124. The molecule has 1 aliphatic carbocycles. The zero-order valence-electron chi connectivity index (χ0n) is 12.1. The van der Waals surface area contributed by atoms with E-state index in [9.17, 15) is 4.79 Å². The fraction of sp³-hybridized carbons (Fsp3) is 0.471. The number of carbonyl (C=O) groups is 1. The van der Waals surface area contributed by atoms with Crippen LogP contribution in [0.25, 0.3) is 6.08 Å². The van der Waals surface area contributed by atoms with E-state index >= 15 is 0 Å². The van der Waals surface area contributed by atoms with Gasteiger partial charge in [-0.05, 0) is 56.0 Å². The minimum absolute atomic E-state index is 0.124. The molecule has 1 amide bonds. The molecule has 0 aromatic heterocycles. The van der Waals surface area contributed by atoms with Gasteiger partial charge in [0, 0.05) is 24.6 Å². The van der Waals surface area contributed by atoms with Gasteiger partial charge in [0.05, 0.1) is 6.61 Å². The summed E-state index contributed by atoms with van der Waals surface area (Å²) in [6, 6.07) is 6.84. The van der Waals surface area contributed by atoms with Crippen LogP contribution in [0.2, 0.25) is 0 Å². The van der Waals surface area contributed by atoms with Crippen LogP contribution in [0.5, 0.6) is 5.75 Å². The minimum Gasteiger partial charge on any atom is -0.493 e. The second-order valence-corrected chi connectivity index (χ2v) is 5.87. The molecule has 0 atom stereocenters. The van der Waals surface area contributed by atoms with Crippen LogP contribution in [-0.4, -0.2) is 29.5 Å². The summed E-state index contributed by atoms with van der Waals surface area (Å²) in [5.41, 5.74) is 2.31. The van der Waals surface area contributed by atoms with Crippen molar-refractivity contribution in [3.63, 3.8) is 0 Å². The van der Waals surface area contributed by atoms with Crippen LogP contribution in [0.3, 0.4) is 0 Å². The third-order valence-corrected chi connectivity index (χ3v) is 3.88. The lowest BCUT2D eigenvalue weighted by atomic mass is 10.1. The topological polar surface area (TPSA) is 29.5 Å². The average Bonchev–Trinajstić information content (AvgIpc) is 3.12. The quantitative estimate of drug-likeness (QED) is 0.788.